The standard InChI is InChI=1S/C18H19N3O3/c1-13(15-6-4-3-5-7-15)20-17(22)18(23)21-19-12-14-8-10-16(24-2)11-9-14/h3-13H,1-2H3,(H,20,22)(H,21,23)/b19-12+/t13-/m0/s1. The molecule has 0 aliphatic carbocycles. The minimum atomic E-state index is -0.817. The molecule has 0 spiro atoms. The van der Waals surface area contributed by atoms with E-state index in [-0.39, 0.29) is 6.04 Å². The molecule has 124 valence electrons. The van der Waals surface area contributed by atoms with E-state index in [1.54, 1.807) is 38.3 Å². The number of benzene rings is 2. The molecule has 0 fully saturated rings. The van der Waals surface area contributed by atoms with E-state index in [4.69, 9.17) is 4.74 Å². The van der Waals surface area contributed by atoms with Gasteiger partial charge in [-0.1, -0.05) is 30.3 Å². The van der Waals surface area contributed by atoms with Crippen LogP contribution in [0.3, 0.4) is 0 Å². The maximum Gasteiger partial charge on any atom is 0.329 e. The molecule has 0 saturated carbocycles. The Balaban J connectivity index is 1.84. The van der Waals surface area contributed by atoms with Gasteiger partial charge in [0.1, 0.15) is 5.75 Å². The number of rotatable bonds is 5. The van der Waals surface area contributed by atoms with Crippen LogP contribution in [0.25, 0.3) is 0 Å². The lowest BCUT2D eigenvalue weighted by Crippen LogP contribution is -2.39. The van der Waals surface area contributed by atoms with E-state index in [1.807, 2.05) is 30.3 Å². The molecule has 0 aliphatic rings. The first kappa shape index (κ1) is 17.2. The number of methoxy groups -OCH3 is 1. The van der Waals surface area contributed by atoms with Crippen LogP contribution < -0.4 is 15.5 Å². The zero-order valence-electron chi connectivity index (χ0n) is 13.5. The van der Waals surface area contributed by atoms with Gasteiger partial charge in [0.15, 0.2) is 0 Å². The van der Waals surface area contributed by atoms with Crippen molar-refractivity contribution in [3.8, 4) is 5.75 Å². The number of hydrogen-bond donors (Lipinski definition) is 2. The summed E-state index contributed by atoms with van der Waals surface area (Å²) in [7, 11) is 1.58. The van der Waals surface area contributed by atoms with Crippen molar-refractivity contribution in [2.75, 3.05) is 7.11 Å². The van der Waals surface area contributed by atoms with Gasteiger partial charge in [-0.25, -0.2) is 5.43 Å². The number of carbonyl (C=O) groups is 2. The van der Waals surface area contributed by atoms with Crippen LogP contribution in [0, 0.1) is 0 Å². The SMILES string of the molecule is COc1ccc(/C=N/NC(=O)C(=O)N[C@@H](C)c2ccccc2)cc1. The minimum absolute atomic E-state index is 0.269. The number of nitrogens with one attached hydrogen (secondary N) is 2. The van der Waals surface area contributed by atoms with Crippen LogP contribution >= 0.6 is 0 Å². The minimum Gasteiger partial charge on any atom is -0.497 e. The molecule has 0 heterocycles. The Morgan fingerprint density at radius 2 is 1.71 bits per heavy atom. The molecular weight excluding hydrogens is 306 g/mol. The van der Waals surface area contributed by atoms with Gasteiger partial charge in [-0.3, -0.25) is 9.59 Å². The van der Waals surface area contributed by atoms with Gasteiger partial charge in [-0.2, -0.15) is 5.10 Å². The zero-order chi connectivity index (χ0) is 17.4. The smallest absolute Gasteiger partial charge is 0.329 e. The molecule has 0 bridgehead atoms. The molecule has 2 rings (SSSR count). The van der Waals surface area contributed by atoms with Crippen LogP contribution in [0.15, 0.2) is 59.7 Å². The summed E-state index contributed by atoms with van der Waals surface area (Å²) in [4.78, 5) is 23.6. The highest BCUT2D eigenvalue weighted by molar-refractivity contribution is 6.35. The largest absolute Gasteiger partial charge is 0.497 e. The van der Waals surface area contributed by atoms with Crippen LogP contribution in [-0.2, 0) is 9.59 Å². The third-order valence-corrected chi connectivity index (χ3v) is 3.35. The van der Waals surface area contributed by atoms with E-state index >= 15 is 0 Å². The highest BCUT2D eigenvalue weighted by atomic mass is 16.5. The maximum absolute atomic E-state index is 11.8. The van der Waals surface area contributed by atoms with Gasteiger partial charge in [-0.05, 0) is 42.3 Å². The monoisotopic (exact) mass is 325 g/mol. The van der Waals surface area contributed by atoms with Crippen molar-refractivity contribution >= 4 is 18.0 Å². The van der Waals surface area contributed by atoms with Crippen molar-refractivity contribution in [3.63, 3.8) is 0 Å². The van der Waals surface area contributed by atoms with Gasteiger partial charge in [0.2, 0.25) is 0 Å². The molecule has 6 nitrogen and oxygen atoms in total. The van der Waals surface area contributed by atoms with E-state index in [2.05, 4.69) is 15.8 Å². The molecule has 1 atom stereocenters. The molecule has 0 aromatic heterocycles. The van der Waals surface area contributed by atoms with Crippen molar-refractivity contribution < 1.29 is 14.3 Å². The van der Waals surface area contributed by atoms with Crippen molar-refractivity contribution in [1.29, 1.82) is 0 Å². The van der Waals surface area contributed by atoms with Crippen LogP contribution in [0.2, 0.25) is 0 Å². The number of nitrogens with zero attached hydrogens (tertiary/aromatic N) is 1. The fraction of sp³-hybridized carbons (Fsp3) is 0.167. The number of amides is 2. The van der Waals surface area contributed by atoms with Crippen LogP contribution in [0.5, 0.6) is 5.75 Å². The Hall–Kier alpha value is -3.15. The summed E-state index contributed by atoms with van der Waals surface area (Å²) in [6.07, 6.45) is 1.45. The maximum atomic E-state index is 11.8. The first-order valence-electron chi connectivity index (χ1n) is 7.43. The first-order chi connectivity index (χ1) is 11.6. The lowest BCUT2D eigenvalue weighted by Gasteiger charge is -2.13. The average Bonchev–Trinajstić information content (AvgIpc) is 2.62. The predicted octanol–water partition coefficient (Wildman–Crippen LogP) is 2.02. The Kier molecular flexibility index (Phi) is 6.08. The summed E-state index contributed by atoms with van der Waals surface area (Å²) in [6, 6.07) is 16.2. The van der Waals surface area contributed by atoms with Gasteiger partial charge in [0.05, 0.1) is 19.4 Å². The van der Waals surface area contributed by atoms with Crippen molar-refractivity contribution in [2.45, 2.75) is 13.0 Å². The fourth-order valence-electron chi connectivity index (χ4n) is 1.99. The highest BCUT2D eigenvalue weighted by Crippen LogP contribution is 2.11. The lowest BCUT2D eigenvalue weighted by atomic mass is 10.1. The number of hydrazone groups is 1. The molecule has 2 amide bonds. The number of hydrogen-bond acceptors (Lipinski definition) is 4. The van der Waals surface area contributed by atoms with Crippen LogP contribution in [-0.4, -0.2) is 25.1 Å². The molecule has 6 heteroatoms. The van der Waals surface area contributed by atoms with Crippen LogP contribution in [0.1, 0.15) is 24.1 Å². The second-order valence-corrected chi connectivity index (χ2v) is 5.08. The summed E-state index contributed by atoms with van der Waals surface area (Å²) in [5.41, 5.74) is 3.89. The topological polar surface area (TPSA) is 79.8 Å². The molecular formula is C18H19N3O3. The zero-order valence-corrected chi connectivity index (χ0v) is 13.5. The molecule has 24 heavy (non-hydrogen) atoms. The summed E-state index contributed by atoms with van der Waals surface area (Å²) in [5, 5.41) is 6.39. The second kappa shape index (κ2) is 8.47. The Labute approximate surface area is 140 Å². The van der Waals surface area contributed by atoms with Gasteiger partial charge >= 0.3 is 11.8 Å². The second-order valence-electron chi connectivity index (χ2n) is 5.08. The van der Waals surface area contributed by atoms with E-state index in [0.717, 1.165) is 16.9 Å². The third-order valence-electron chi connectivity index (χ3n) is 3.35. The quantitative estimate of drug-likeness (QED) is 0.501. The molecule has 2 aromatic carbocycles. The lowest BCUT2D eigenvalue weighted by molar-refractivity contribution is -0.139. The normalized spacial score (nSPS) is 11.8. The Morgan fingerprint density at radius 3 is 2.33 bits per heavy atom. The first-order valence-corrected chi connectivity index (χ1v) is 7.43. The summed E-state index contributed by atoms with van der Waals surface area (Å²) in [5.74, 6) is -0.828. The Bertz CT molecular complexity index is 712. The van der Waals surface area contributed by atoms with Crippen molar-refractivity contribution in [2.24, 2.45) is 5.10 Å². The molecule has 0 saturated heterocycles. The van der Waals surface area contributed by atoms with Crippen LogP contribution in [0.4, 0.5) is 0 Å². The average molecular weight is 325 g/mol. The fourth-order valence-corrected chi connectivity index (χ4v) is 1.99. The third kappa shape index (κ3) is 4.95. The van der Waals surface area contributed by atoms with Gasteiger partial charge in [0.25, 0.3) is 0 Å². The molecule has 0 unspecified atom stereocenters. The molecule has 2 aromatic rings. The number of carbonyl (C=O) groups excluding carboxylic acids is 2. The summed E-state index contributed by atoms with van der Waals surface area (Å²) < 4.78 is 5.05. The molecule has 0 radical (unpaired) electrons. The van der Waals surface area contributed by atoms with E-state index in [9.17, 15) is 9.59 Å². The van der Waals surface area contributed by atoms with Gasteiger partial charge in [0, 0.05) is 0 Å². The van der Waals surface area contributed by atoms with E-state index in [0.29, 0.717) is 0 Å². The predicted molar refractivity (Wildman–Crippen MR) is 91.7 cm³/mol. The molecule has 2 N–H and O–H groups in total. The van der Waals surface area contributed by atoms with Gasteiger partial charge < -0.3 is 10.1 Å². The van der Waals surface area contributed by atoms with E-state index < -0.39 is 11.8 Å². The van der Waals surface area contributed by atoms with Crippen molar-refractivity contribution in [1.82, 2.24) is 10.7 Å². The van der Waals surface area contributed by atoms with Crippen molar-refractivity contribution in [3.05, 3.63) is 65.7 Å². The summed E-state index contributed by atoms with van der Waals surface area (Å²) in [6.45, 7) is 1.81. The van der Waals surface area contributed by atoms with E-state index in [1.165, 1.54) is 6.21 Å². The highest BCUT2D eigenvalue weighted by Gasteiger charge is 2.16. The van der Waals surface area contributed by atoms with Gasteiger partial charge in [-0.15, -0.1) is 0 Å². The summed E-state index contributed by atoms with van der Waals surface area (Å²) >= 11 is 0. The Morgan fingerprint density at radius 1 is 1.04 bits per heavy atom. The molecule has 0 aliphatic heterocycles. The number of ether oxygens (including phenoxy) is 1.